The molecule has 0 amide bonds. The Bertz CT molecular complexity index is 77.5. The van der Waals surface area contributed by atoms with E-state index >= 15 is 0 Å². The Morgan fingerprint density at radius 1 is 0.833 bits per heavy atom. The quantitative estimate of drug-likeness (QED) is 0.407. The fourth-order valence-electron chi connectivity index (χ4n) is 0.385. The summed E-state index contributed by atoms with van der Waals surface area (Å²) < 4.78 is 0. The standard InChI is InChI=1S/C4H6Si2/c1-2-4-6-5-3-1/h1-6H. The van der Waals surface area contributed by atoms with E-state index in [1.165, 1.54) is 0 Å². The van der Waals surface area contributed by atoms with Crippen molar-refractivity contribution in [3.05, 3.63) is 23.5 Å². The molecule has 0 saturated heterocycles. The molecule has 2 heteroatoms. The van der Waals surface area contributed by atoms with E-state index in [9.17, 15) is 0 Å². The van der Waals surface area contributed by atoms with Gasteiger partial charge in [-0.05, 0) is 17.2 Å². The fraction of sp³-hybridized carbons (Fsp3) is 0. The molecular weight excluding hydrogens is 104 g/mol. The fourth-order valence-corrected chi connectivity index (χ4v) is 2.69. The summed E-state index contributed by atoms with van der Waals surface area (Å²) >= 11 is 0. The summed E-state index contributed by atoms with van der Waals surface area (Å²) in [6, 6.07) is 4.29. The molecule has 0 nitrogen and oxygen atoms in total. The predicted octanol–water partition coefficient (Wildman–Crippen LogP) is -0.173. The molecule has 1 aromatic heterocycles. The summed E-state index contributed by atoms with van der Waals surface area (Å²) in [6.45, 7) is 0. The molecule has 0 fully saturated rings. The van der Waals surface area contributed by atoms with E-state index in [1.54, 1.807) is 0 Å². The second kappa shape index (κ2) is 2.15. The normalized spacial score (nSPS) is 8.00. The van der Waals surface area contributed by atoms with E-state index < -0.39 is 0 Å². The number of rotatable bonds is 0. The second-order valence-corrected chi connectivity index (χ2v) is 5.00. The molecule has 0 aliphatic rings. The van der Waals surface area contributed by atoms with Crippen LogP contribution in [0.15, 0.2) is 23.5 Å². The van der Waals surface area contributed by atoms with E-state index in [0.717, 1.165) is 17.2 Å². The highest BCUT2D eigenvalue weighted by Gasteiger charge is 1.59. The van der Waals surface area contributed by atoms with Crippen molar-refractivity contribution < 1.29 is 0 Å². The first-order valence-corrected chi connectivity index (χ1v) is 6.00. The molecule has 0 N–H and O–H groups in total. The van der Waals surface area contributed by atoms with Gasteiger partial charge in [0.1, 0.15) is 0 Å². The molecule has 0 aliphatic heterocycles. The van der Waals surface area contributed by atoms with Crippen LogP contribution in [0.5, 0.6) is 0 Å². The molecule has 1 aromatic rings. The molecule has 0 aromatic carbocycles. The van der Waals surface area contributed by atoms with E-state index in [4.69, 9.17) is 0 Å². The van der Waals surface area contributed by atoms with Gasteiger partial charge in [-0.25, -0.2) is 0 Å². The van der Waals surface area contributed by atoms with Gasteiger partial charge in [-0.3, -0.25) is 0 Å². The molecule has 0 spiro atoms. The Morgan fingerprint density at radius 2 is 1.33 bits per heavy atom. The Balaban J connectivity index is 3.00. The third kappa shape index (κ3) is 0.950. The zero-order valence-corrected chi connectivity index (χ0v) is 5.77. The van der Waals surface area contributed by atoms with Crippen molar-refractivity contribution in [1.82, 2.24) is 0 Å². The van der Waals surface area contributed by atoms with E-state index in [-0.39, 0.29) is 0 Å². The van der Waals surface area contributed by atoms with Gasteiger partial charge in [0.2, 0.25) is 0 Å². The van der Waals surface area contributed by atoms with Crippen LogP contribution in [0.25, 0.3) is 0 Å². The van der Waals surface area contributed by atoms with Crippen LogP contribution < -0.4 is 0 Å². The smallest absolute Gasteiger partial charge is 0.0000710 e. The summed E-state index contributed by atoms with van der Waals surface area (Å²) in [7, 11) is 1.44. The Labute approximate surface area is 41.5 Å². The van der Waals surface area contributed by atoms with Gasteiger partial charge in [0.25, 0.3) is 0 Å². The Morgan fingerprint density at radius 3 is 1.50 bits per heavy atom. The van der Waals surface area contributed by atoms with Gasteiger partial charge in [-0.1, -0.05) is 23.5 Å². The summed E-state index contributed by atoms with van der Waals surface area (Å²) in [5.41, 5.74) is 4.60. The maximum absolute atomic E-state index is 2.30. The van der Waals surface area contributed by atoms with Crippen LogP contribution in [0.2, 0.25) is 0 Å². The molecule has 0 unspecified atom stereocenters. The highest BCUT2D eigenvalue weighted by Crippen LogP contribution is 1.67. The minimum absolute atomic E-state index is 0.721. The third-order valence-electron chi connectivity index (χ3n) is 0.667. The molecule has 6 heavy (non-hydrogen) atoms. The molecule has 0 aliphatic carbocycles. The predicted molar refractivity (Wildman–Crippen MR) is 31.9 cm³/mol. The van der Waals surface area contributed by atoms with Crippen molar-refractivity contribution in [2.45, 2.75) is 0 Å². The van der Waals surface area contributed by atoms with Crippen molar-refractivity contribution in [1.29, 1.82) is 0 Å². The largest absolute Gasteiger partial charge is 0.0848 e. The monoisotopic (exact) mass is 110 g/mol. The number of hydrogen-bond donors (Lipinski definition) is 0. The lowest BCUT2D eigenvalue weighted by molar-refractivity contribution is 1.96. The van der Waals surface area contributed by atoms with Crippen LogP contribution >= 0.6 is 0 Å². The lowest BCUT2D eigenvalue weighted by Gasteiger charge is -1.68. The van der Waals surface area contributed by atoms with Crippen LogP contribution in [-0.4, -0.2) is 17.2 Å². The lowest BCUT2D eigenvalue weighted by Crippen LogP contribution is -1.73. The van der Waals surface area contributed by atoms with Crippen molar-refractivity contribution in [2.75, 3.05) is 0 Å². The second-order valence-electron chi connectivity index (χ2n) is 1.15. The molecule has 0 saturated carbocycles. The highest BCUT2D eigenvalue weighted by atomic mass is 28.9. The lowest BCUT2D eigenvalue weighted by atomic mass is 10.7. The molecule has 30 valence electrons. The Hall–Kier alpha value is -0.0862. The van der Waals surface area contributed by atoms with Crippen LogP contribution in [0.4, 0.5) is 0 Å². The Kier molecular flexibility index (Phi) is 1.46. The van der Waals surface area contributed by atoms with Crippen LogP contribution in [0.3, 0.4) is 0 Å². The van der Waals surface area contributed by atoms with Crippen molar-refractivity contribution in [3.63, 3.8) is 0 Å². The molecular formula is C4H6Si2. The van der Waals surface area contributed by atoms with Gasteiger partial charge in [0.15, 0.2) is 0 Å². The third-order valence-corrected chi connectivity index (χ3v) is 3.78. The molecule has 0 radical (unpaired) electrons. The van der Waals surface area contributed by atoms with E-state index in [0.29, 0.717) is 0 Å². The number of hydrogen-bond acceptors (Lipinski definition) is 0. The van der Waals surface area contributed by atoms with Crippen molar-refractivity contribution >= 4 is 17.2 Å². The average molecular weight is 110 g/mol. The summed E-state index contributed by atoms with van der Waals surface area (Å²) in [6.07, 6.45) is 0. The summed E-state index contributed by atoms with van der Waals surface area (Å²) in [5, 5.41) is 0. The topological polar surface area (TPSA) is 0 Å². The van der Waals surface area contributed by atoms with Crippen LogP contribution in [-0.2, 0) is 0 Å². The van der Waals surface area contributed by atoms with Gasteiger partial charge in [-0.2, -0.15) is 0 Å². The maximum atomic E-state index is 2.30. The first-order valence-electron chi connectivity index (χ1n) is 2.00. The zero-order valence-electron chi connectivity index (χ0n) is 3.46. The van der Waals surface area contributed by atoms with Gasteiger partial charge in [0, 0.05) is 0 Å². The summed E-state index contributed by atoms with van der Waals surface area (Å²) in [4.78, 5) is 0. The van der Waals surface area contributed by atoms with Crippen molar-refractivity contribution in [3.8, 4) is 0 Å². The zero-order chi connectivity index (χ0) is 4.24. The van der Waals surface area contributed by atoms with Gasteiger partial charge in [-0.15, -0.1) is 0 Å². The van der Waals surface area contributed by atoms with Crippen LogP contribution in [0, 0.1) is 0 Å². The van der Waals surface area contributed by atoms with Gasteiger partial charge < -0.3 is 0 Å². The SMILES string of the molecule is c1cc[siH][siH]c1. The first kappa shape index (κ1) is 4.08. The first-order chi connectivity index (χ1) is 3.00. The minimum atomic E-state index is 0.721. The summed E-state index contributed by atoms with van der Waals surface area (Å²) in [5.74, 6) is 0. The molecule has 0 bridgehead atoms. The van der Waals surface area contributed by atoms with Gasteiger partial charge in [0.05, 0.1) is 0 Å². The maximum Gasteiger partial charge on any atom is -0.0000710 e. The molecule has 1 rings (SSSR count). The van der Waals surface area contributed by atoms with Gasteiger partial charge >= 0.3 is 0 Å². The van der Waals surface area contributed by atoms with Crippen molar-refractivity contribution in [2.24, 2.45) is 0 Å². The van der Waals surface area contributed by atoms with E-state index in [2.05, 4.69) is 23.5 Å². The average Bonchev–Trinajstić information content (AvgIpc) is 1.72. The molecule has 1 heterocycles. The highest BCUT2D eigenvalue weighted by molar-refractivity contribution is 6.78. The van der Waals surface area contributed by atoms with E-state index in [1.807, 2.05) is 0 Å². The molecule has 0 atom stereocenters. The van der Waals surface area contributed by atoms with Crippen LogP contribution in [0.1, 0.15) is 0 Å². The minimum Gasteiger partial charge on any atom is -0.0848 e.